The van der Waals surface area contributed by atoms with Gasteiger partial charge in [0.2, 0.25) is 0 Å². The summed E-state index contributed by atoms with van der Waals surface area (Å²) in [6.07, 6.45) is 4.15. The number of halogens is 1. The summed E-state index contributed by atoms with van der Waals surface area (Å²) < 4.78 is 14.2. The first-order valence-corrected chi connectivity index (χ1v) is 6.93. The number of nitrogens with two attached hydrogens (primary N) is 1. The largest absolute Gasteiger partial charge is 0.366 e. The highest BCUT2D eigenvalue weighted by atomic mass is 19.1. The van der Waals surface area contributed by atoms with Crippen LogP contribution in [0.2, 0.25) is 0 Å². The number of para-hydroxylation sites is 1. The Balaban J connectivity index is 2.32. The number of anilines is 1. The van der Waals surface area contributed by atoms with Crippen LogP contribution in [0.3, 0.4) is 0 Å². The van der Waals surface area contributed by atoms with Crippen molar-refractivity contribution in [1.29, 1.82) is 0 Å². The van der Waals surface area contributed by atoms with Crippen molar-refractivity contribution in [2.24, 2.45) is 5.73 Å². The van der Waals surface area contributed by atoms with Gasteiger partial charge in [-0.2, -0.15) is 0 Å². The van der Waals surface area contributed by atoms with Crippen LogP contribution in [0.25, 0.3) is 0 Å². The molecule has 0 heterocycles. The van der Waals surface area contributed by atoms with E-state index in [4.69, 9.17) is 5.73 Å². The topological polar surface area (TPSA) is 29.3 Å². The molecule has 2 nitrogen and oxygen atoms in total. The lowest BCUT2D eigenvalue weighted by Gasteiger charge is -2.27. The van der Waals surface area contributed by atoms with Gasteiger partial charge in [-0.1, -0.05) is 19.1 Å². The molecule has 2 rings (SSSR count). The third-order valence-corrected chi connectivity index (χ3v) is 3.35. The van der Waals surface area contributed by atoms with Gasteiger partial charge in [-0.15, -0.1) is 0 Å². The number of benzene rings is 1. The maximum absolute atomic E-state index is 14.2. The standard InChI is InChI=1S/C15H23FN2/c1-3-9-18(13-7-8-13)15-12(10-11(2)17)5-4-6-14(15)16/h4-6,11,13H,3,7-10,17H2,1-2H3. The summed E-state index contributed by atoms with van der Waals surface area (Å²) in [4.78, 5) is 2.24. The predicted octanol–water partition coefficient (Wildman–Crippen LogP) is 3.09. The maximum Gasteiger partial charge on any atom is 0.146 e. The van der Waals surface area contributed by atoms with Gasteiger partial charge in [0.1, 0.15) is 5.82 Å². The van der Waals surface area contributed by atoms with Crippen molar-refractivity contribution in [3.63, 3.8) is 0 Å². The minimum Gasteiger partial charge on any atom is -0.366 e. The molecule has 1 unspecified atom stereocenters. The van der Waals surface area contributed by atoms with Crippen LogP contribution < -0.4 is 10.6 Å². The Bertz CT molecular complexity index is 399. The van der Waals surface area contributed by atoms with Crippen LogP contribution in [0.15, 0.2) is 18.2 Å². The van der Waals surface area contributed by atoms with Crippen LogP contribution in [-0.4, -0.2) is 18.6 Å². The van der Waals surface area contributed by atoms with Crippen molar-refractivity contribution in [2.45, 2.75) is 51.6 Å². The third kappa shape index (κ3) is 3.02. The fourth-order valence-electron chi connectivity index (χ4n) is 2.50. The Labute approximate surface area is 109 Å². The van der Waals surface area contributed by atoms with Gasteiger partial charge in [0.25, 0.3) is 0 Å². The first-order chi connectivity index (χ1) is 8.63. The Hall–Kier alpha value is -1.09. The molecule has 0 bridgehead atoms. The van der Waals surface area contributed by atoms with Crippen molar-refractivity contribution in [3.05, 3.63) is 29.6 Å². The van der Waals surface area contributed by atoms with E-state index in [-0.39, 0.29) is 11.9 Å². The lowest BCUT2D eigenvalue weighted by molar-refractivity contribution is 0.607. The van der Waals surface area contributed by atoms with Crippen LogP contribution in [-0.2, 0) is 6.42 Å². The second-order valence-electron chi connectivity index (χ2n) is 5.35. The Morgan fingerprint density at radius 2 is 2.17 bits per heavy atom. The van der Waals surface area contributed by atoms with E-state index in [0.717, 1.165) is 30.6 Å². The van der Waals surface area contributed by atoms with Crippen molar-refractivity contribution in [1.82, 2.24) is 0 Å². The van der Waals surface area contributed by atoms with E-state index in [2.05, 4.69) is 11.8 Å². The summed E-state index contributed by atoms with van der Waals surface area (Å²) in [5.74, 6) is -0.103. The molecule has 3 heteroatoms. The van der Waals surface area contributed by atoms with E-state index in [1.165, 1.54) is 12.8 Å². The number of hydrogen-bond acceptors (Lipinski definition) is 2. The van der Waals surface area contributed by atoms with Gasteiger partial charge in [-0.25, -0.2) is 4.39 Å². The molecular weight excluding hydrogens is 227 g/mol. The normalized spacial score (nSPS) is 16.7. The number of nitrogens with zero attached hydrogens (tertiary/aromatic N) is 1. The molecule has 0 spiro atoms. The summed E-state index contributed by atoms with van der Waals surface area (Å²) in [5.41, 5.74) is 7.71. The smallest absolute Gasteiger partial charge is 0.146 e. The number of rotatable bonds is 6. The second kappa shape index (κ2) is 5.70. The average Bonchev–Trinajstić information content (AvgIpc) is 3.10. The summed E-state index contributed by atoms with van der Waals surface area (Å²) in [5, 5.41) is 0. The van der Waals surface area contributed by atoms with Crippen molar-refractivity contribution in [3.8, 4) is 0 Å². The van der Waals surface area contributed by atoms with Gasteiger partial charge in [-0.05, 0) is 44.2 Å². The first kappa shape index (κ1) is 13.3. The molecule has 1 saturated carbocycles. The monoisotopic (exact) mass is 250 g/mol. The zero-order valence-electron chi connectivity index (χ0n) is 11.3. The molecule has 0 amide bonds. The molecule has 100 valence electrons. The quantitative estimate of drug-likeness (QED) is 0.840. The molecule has 1 atom stereocenters. The van der Waals surface area contributed by atoms with Gasteiger partial charge in [0.05, 0.1) is 5.69 Å². The van der Waals surface area contributed by atoms with Gasteiger partial charge in [0.15, 0.2) is 0 Å². The maximum atomic E-state index is 14.2. The van der Waals surface area contributed by atoms with E-state index in [9.17, 15) is 4.39 Å². The highest BCUT2D eigenvalue weighted by Crippen LogP contribution is 2.35. The summed E-state index contributed by atoms with van der Waals surface area (Å²) in [6.45, 7) is 5.04. The van der Waals surface area contributed by atoms with Crippen molar-refractivity contribution >= 4 is 5.69 Å². The molecule has 1 aromatic carbocycles. The number of hydrogen-bond donors (Lipinski definition) is 1. The SMILES string of the molecule is CCCN(c1c(F)cccc1CC(C)N)C1CC1. The van der Waals surface area contributed by atoms with Crippen molar-refractivity contribution in [2.75, 3.05) is 11.4 Å². The summed E-state index contributed by atoms with van der Waals surface area (Å²) in [6, 6.07) is 5.95. The highest BCUT2D eigenvalue weighted by molar-refractivity contribution is 5.57. The minimum atomic E-state index is -0.103. The van der Waals surface area contributed by atoms with E-state index in [1.807, 2.05) is 13.0 Å². The molecule has 2 N–H and O–H groups in total. The van der Waals surface area contributed by atoms with E-state index < -0.39 is 0 Å². The van der Waals surface area contributed by atoms with E-state index in [1.54, 1.807) is 12.1 Å². The molecule has 0 saturated heterocycles. The molecule has 0 aromatic heterocycles. The zero-order chi connectivity index (χ0) is 13.1. The van der Waals surface area contributed by atoms with Gasteiger partial charge < -0.3 is 10.6 Å². The minimum absolute atomic E-state index is 0.0632. The first-order valence-electron chi connectivity index (χ1n) is 6.93. The van der Waals surface area contributed by atoms with Gasteiger partial charge in [0, 0.05) is 18.6 Å². The van der Waals surface area contributed by atoms with Crippen LogP contribution in [0, 0.1) is 5.82 Å². The Kier molecular flexibility index (Phi) is 4.23. The predicted molar refractivity (Wildman–Crippen MR) is 74.4 cm³/mol. The third-order valence-electron chi connectivity index (χ3n) is 3.35. The average molecular weight is 250 g/mol. The Morgan fingerprint density at radius 3 is 2.72 bits per heavy atom. The van der Waals surface area contributed by atoms with E-state index >= 15 is 0 Å². The fraction of sp³-hybridized carbons (Fsp3) is 0.600. The molecule has 1 fully saturated rings. The molecule has 1 aliphatic carbocycles. The van der Waals surface area contributed by atoms with Gasteiger partial charge >= 0.3 is 0 Å². The van der Waals surface area contributed by atoms with Crippen LogP contribution >= 0.6 is 0 Å². The Morgan fingerprint density at radius 1 is 1.44 bits per heavy atom. The molecule has 1 aromatic rings. The molecule has 0 aliphatic heterocycles. The molecule has 0 radical (unpaired) electrons. The lowest BCUT2D eigenvalue weighted by atomic mass is 10.0. The van der Waals surface area contributed by atoms with Gasteiger partial charge in [-0.3, -0.25) is 0 Å². The fourth-order valence-corrected chi connectivity index (χ4v) is 2.50. The summed E-state index contributed by atoms with van der Waals surface area (Å²) >= 11 is 0. The highest BCUT2D eigenvalue weighted by Gasteiger charge is 2.31. The van der Waals surface area contributed by atoms with E-state index in [0.29, 0.717) is 6.04 Å². The van der Waals surface area contributed by atoms with Crippen molar-refractivity contribution < 1.29 is 4.39 Å². The summed E-state index contributed by atoms with van der Waals surface area (Å²) in [7, 11) is 0. The second-order valence-corrected chi connectivity index (χ2v) is 5.35. The molecule has 18 heavy (non-hydrogen) atoms. The lowest BCUT2D eigenvalue weighted by Crippen LogP contribution is -2.29. The molecule has 1 aliphatic rings. The van der Waals surface area contributed by atoms with Crippen LogP contribution in [0.1, 0.15) is 38.7 Å². The van der Waals surface area contributed by atoms with Crippen LogP contribution in [0.5, 0.6) is 0 Å². The molecular formula is C15H23FN2. The van der Waals surface area contributed by atoms with Crippen LogP contribution in [0.4, 0.5) is 10.1 Å². The zero-order valence-corrected chi connectivity index (χ0v) is 11.3.